The van der Waals surface area contributed by atoms with Crippen LogP contribution in [0.5, 0.6) is 5.75 Å². The second kappa shape index (κ2) is 11.1. The molecule has 30 heavy (non-hydrogen) atoms. The molecule has 2 atom stereocenters. The SMILES string of the molecule is CCOc1ccc(C(=O)[C@@H](C)OC(=O)[C@@H](NC(=O)Cc2ccccc2)C(C)C)cc1. The molecule has 0 aliphatic carbocycles. The number of rotatable bonds is 10. The number of nitrogens with one attached hydrogen (secondary N) is 1. The molecule has 0 radical (unpaired) electrons. The summed E-state index contributed by atoms with van der Waals surface area (Å²) < 4.78 is 10.8. The number of ether oxygens (including phenoxy) is 2. The van der Waals surface area contributed by atoms with Crippen molar-refractivity contribution >= 4 is 17.7 Å². The fraction of sp³-hybridized carbons (Fsp3) is 0.375. The molecule has 2 aromatic rings. The van der Waals surface area contributed by atoms with Crippen molar-refractivity contribution in [3.8, 4) is 5.75 Å². The van der Waals surface area contributed by atoms with Crippen molar-refractivity contribution in [2.45, 2.75) is 46.3 Å². The Morgan fingerprint density at radius 2 is 1.57 bits per heavy atom. The maximum atomic E-state index is 12.6. The lowest BCUT2D eigenvalue weighted by molar-refractivity contribution is -0.151. The van der Waals surface area contributed by atoms with Gasteiger partial charge in [-0.1, -0.05) is 44.2 Å². The average Bonchev–Trinajstić information content (AvgIpc) is 2.72. The number of amides is 1. The average molecular weight is 411 g/mol. The van der Waals surface area contributed by atoms with Crippen molar-refractivity contribution in [3.05, 3.63) is 65.7 Å². The Kier molecular flexibility index (Phi) is 8.59. The minimum absolute atomic E-state index is 0.165. The van der Waals surface area contributed by atoms with Crippen LogP contribution in [-0.2, 0) is 20.7 Å². The van der Waals surface area contributed by atoms with E-state index in [1.165, 1.54) is 6.92 Å². The van der Waals surface area contributed by atoms with Crippen molar-refractivity contribution in [1.82, 2.24) is 5.32 Å². The first-order valence-corrected chi connectivity index (χ1v) is 10.1. The summed E-state index contributed by atoms with van der Waals surface area (Å²) in [5, 5.41) is 2.73. The van der Waals surface area contributed by atoms with Gasteiger partial charge in [-0.3, -0.25) is 9.59 Å². The zero-order valence-corrected chi connectivity index (χ0v) is 17.9. The van der Waals surface area contributed by atoms with Crippen LogP contribution in [0, 0.1) is 5.92 Å². The van der Waals surface area contributed by atoms with E-state index in [9.17, 15) is 14.4 Å². The van der Waals surface area contributed by atoms with E-state index >= 15 is 0 Å². The van der Waals surface area contributed by atoms with E-state index in [4.69, 9.17) is 9.47 Å². The van der Waals surface area contributed by atoms with Crippen LogP contribution >= 0.6 is 0 Å². The van der Waals surface area contributed by atoms with Gasteiger partial charge in [0.1, 0.15) is 11.8 Å². The zero-order chi connectivity index (χ0) is 22.1. The number of hydrogen-bond acceptors (Lipinski definition) is 5. The highest BCUT2D eigenvalue weighted by Gasteiger charge is 2.29. The highest BCUT2D eigenvalue weighted by molar-refractivity contribution is 6.00. The predicted molar refractivity (Wildman–Crippen MR) is 114 cm³/mol. The van der Waals surface area contributed by atoms with Crippen molar-refractivity contribution < 1.29 is 23.9 Å². The van der Waals surface area contributed by atoms with Crippen LogP contribution in [0.25, 0.3) is 0 Å². The summed E-state index contributed by atoms with van der Waals surface area (Å²) in [7, 11) is 0. The molecule has 0 aliphatic heterocycles. The summed E-state index contributed by atoms with van der Waals surface area (Å²) in [6.45, 7) is 7.57. The Bertz CT molecular complexity index is 846. The third-order valence-corrected chi connectivity index (χ3v) is 4.56. The van der Waals surface area contributed by atoms with E-state index in [1.807, 2.05) is 51.1 Å². The van der Waals surface area contributed by atoms with Crippen LogP contribution in [0.2, 0.25) is 0 Å². The summed E-state index contributed by atoms with van der Waals surface area (Å²) in [6.07, 6.45) is -0.805. The summed E-state index contributed by atoms with van der Waals surface area (Å²) in [5.41, 5.74) is 1.28. The van der Waals surface area contributed by atoms with Gasteiger partial charge < -0.3 is 14.8 Å². The Labute approximate surface area is 177 Å². The lowest BCUT2D eigenvalue weighted by Crippen LogP contribution is -2.47. The van der Waals surface area contributed by atoms with Gasteiger partial charge in [-0.05, 0) is 49.6 Å². The first-order valence-electron chi connectivity index (χ1n) is 10.1. The normalized spacial score (nSPS) is 12.7. The Morgan fingerprint density at radius 1 is 0.933 bits per heavy atom. The second-order valence-corrected chi connectivity index (χ2v) is 7.35. The molecule has 0 spiro atoms. The van der Waals surface area contributed by atoms with Crippen LogP contribution < -0.4 is 10.1 Å². The molecule has 0 heterocycles. The molecule has 6 nitrogen and oxygen atoms in total. The quantitative estimate of drug-likeness (QED) is 0.477. The van der Waals surface area contributed by atoms with E-state index in [0.717, 1.165) is 5.56 Å². The molecule has 0 fully saturated rings. The lowest BCUT2D eigenvalue weighted by Gasteiger charge is -2.23. The van der Waals surface area contributed by atoms with Gasteiger partial charge in [-0.2, -0.15) is 0 Å². The van der Waals surface area contributed by atoms with Gasteiger partial charge in [-0.15, -0.1) is 0 Å². The van der Waals surface area contributed by atoms with Crippen molar-refractivity contribution in [3.63, 3.8) is 0 Å². The van der Waals surface area contributed by atoms with Gasteiger partial charge in [0.2, 0.25) is 11.7 Å². The molecule has 0 bridgehead atoms. The van der Waals surface area contributed by atoms with E-state index < -0.39 is 18.1 Å². The summed E-state index contributed by atoms with van der Waals surface area (Å²) in [4.78, 5) is 37.6. The molecule has 0 saturated carbocycles. The molecule has 2 rings (SSSR count). The second-order valence-electron chi connectivity index (χ2n) is 7.35. The Hall–Kier alpha value is -3.15. The summed E-state index contributed by atoms with van der Waals surface area (Å²) >= 11 is 0. The molecule has 0 saturated heterocycles. The van der Waals surface area contributed by atoms with Crippen molar-refractivity contribution in [1.29, 1.82) is 0 Å². The zero-order valence-electron chi connectivity index (χ0n) is 17.9. The van der Waals surface area contributed by atoms with E-state index in [1.54, 1.807) is 24.3 Å². The lowest BCUT2D eigenvalue weighted by atomic mass is 10.0. The number of ketones is 1. The molecule has 1 N–H and O–H groups in total. The molecule has 160 valence electrons. The van der Waals surface area contributed by atoms with Crippen LogP contribution in [0.15, 0.2) is 54.6 Å². The minimum Gasteiger partial charge on any atom is -0.494 e. The monoisotopic (exact) mass is 411 g/mol. The number of hydrogen-bond donors (Lipinski definition) is 1. The van der Waals surface area contributed by atoms with E-state index in [-0.39, 0.29) is 24.0 Å². The fourth-order valence-electron chi connectivity index (χ4n) is 2.92. The van der Waals surface area contributed by atoms with Crippen LogP contribution in [0.4, 0.5) is 0 Å². The number of benzene rings is 2. The highest BCUT2D eigenvalue weighted by atomic mass is 16.5. The molecule has 0 aromatic heterocycles. The van der Waals surface area contributed by atoms with E-state index in [2.05, 4.69) is 5.32 Å². The first-order chi connectivity index (χ1) is 14.3. The minimum atomic E-state index is -0.970. The van der Waals surface area contributed by atoms with Gasteiger partial charge in [0.15, 0.2) is 6.10 Å². The highest BCUT2D eigenvalue weighted by Crippen LogP contribution is 2.15. The Balaban J connectivity index is 1.97. The van der Waals surface area contributed by atoms with Crippen molar-refractivity contribution in [2.24, 2.45) is 5.92 Å². The molecule has 1 amide bonds. The summed E-state index contributed by atoms with van der Waals surface area (Å²) in [5.74, 6) is -0.741. The van der Waals surface area contributed by atoms with E-state index in [0.29, 0.717) is 17.9 Å². The van der Waals surface area contributed by atoms with Gasteiger partial charge in [0, 0.05) is 5.56 Å². The molecule has 2 aromatic carbocycles. The van der Waals surface area contributed by atoms with Crippen molar-refractivity contribution in [2.75, 3.05) is 6.61 Å². The molecule has 0 aliphatic rings. The van der Waals surface area contributed by atoms with Crippen LogP contribution in [0.3, 0.4) is 0 Å². The predicted octanol–water partition coefficient (Wildman–Crippen LogP) is 3.58. The Morgan fingerprint density at radius 3 is 2.13 bits per heavy atom. The van der Waals surface area contributed by atoms with Crippen LogP contribution in [0.1, 0.15) is 43.6 Å². The molecule has 6 heteroatoms. The smallest absolute Gasteiger partial charge is 0.329 e. The topological polar surface area (TPSA) is 81.7 Å². The third kappa shape index (κ3) is 6.72. The maximum absolute atomic E-state index is 12.6. The van der Waals surface area contributed by atoms with Gasteiger partial charge in [0.25, 0.3) is 0 Å². The molecular formula is C24H29NO5. The molecule has 0 unspecified atom stereocenters. The fourth-order valence-corrected chi connectivity index (χ4v) is 2.92. The first kappa shape index (κ1) is 23.1. The number of esters is 1. The van der Waals surface area contributed by atoms with Gasteiger partial charge in [-0.25, -0.2) is 4.79 Å². The summed E-state index contributed by atoms with van der Waals surface area (Å²) in [6, 6.07) is 15.1. The number of carbonyl (C=O) groups is 3. The van der Waals surface area contributed by atoms with Gasteiger partial charge >= 0.3 is 5.97 Å². The largest absolute Gasteiger partial charge is 0.494 e. The third-order valence-electron chi connectivity index (χ3n) is 4.56. The standard InChI is InChI=1S/C24H29NO5/c1-5-29-20-13-11-19(12-14-20)23(27)17(4)30-24(28)22(16(2)3)25-21(26)15-18-9-7-6-8-10-18/h6-14,16-17,22H,5,15H2,1-4H3,(H,25,26)/t17-,22+/m1/s1. The number of carbonyl (C=O) groups excluding carboxylic acids is 3. The molecular weight excluding hydrogens is 382 g/mol. The maximum Gasteiger partial charge on any atom is 0.329 e. The number of Topliss-reactive ketones (excluding diaryl/α,β-unsaturated/α-hetero) is 1. The van der Waals surface area contributed by atoms with Gasteiger partial charge in [0.05, 0.1) is 13.0 Å². The van der Waals surface area contributed by atoms with Crippen LogP contribution in [-0.4, -0.2) is 36.4 Å².